The van der Waals surface area contributed by atoms with Crippen LogP contribution in [-0.4, -0.2) is 28.1 Å². The predicted octanol–water partition coefficient (Wildman–Crippen LogP) is 3.05. The Kier molecular flexibility index (Phi) is 3.68. The molecule has 0 spiro atoms. The van der Waals surface area contributed by atoms with Crippen molar-refractivity contribution in [2.24, 2.45) is 0 Å². The minimum absolute atomic E-state index is 0.701. The van der Waals surface area contributed by atoms with Crippen molar-refractivity contribution < 1.29 is 9.90 Å². The minimum atomic E-state index is -0.705. The first-order chi connectivity index (χ1) is 8.84. The van der Waals surface area contributed by atoms with E-state index in [0.29, 0.717) is 0 Å². The van der Waals surface area contributed by atoms with Gasteiger partial charge in [0.2, 0.25) is 0 Å². The van der Waals surface area contributed by atoms with Crippen LogP contribution in [0.3, 0.4) is 0 Å². The molecule has 1 N–H and O–H groups in total. The second kappa shape index (κ2) is 4.97. The van der Waals surface area contributed by atoms with E-state index in [1.807, 2.05) is 6.92 Å². The number of hydrogen-bond donors (Lipinski definition) is 1. The number of nitrogens with zero attached hydrogens (tertiary/aromatic N) is 1. The molecule has 19 heavy (non-hydrogen) atoms. The summed E-state index contributed by atoms with van der Waals surface area (Å²) in [5, 5.41) is 9.46. The van der Waals surface area contributed by atoms with Gasteiger partial charge in [-0.25, -0.2) is 0 Å². The van der Waals surface area contributed by atoms with Crippen molar-refractivity contribution in [2.75, 3.05) is 6.54 Å². The van der Waals surface area contributed by atoms with Crippen molar-refractivity contribution in [3.63, 3.8) is 0 Å². The highest BCUT2D eigenvalue weighted by atomic mass is 16.4. The van der Waals surface area contributed by atoms with Crippen molar-refractivity contribution in [3.8, 4) is 0 Å². The molecule has 1 atom stereocenters. The standard InChI is InChI=1S/C16H23NO2/c1-11-8-12(2)14(13(3)9-11)10-17-7-5-6-16(17,4)15(18)19/h8-9H,5-7,10H2,1-4H3,(H,18,19). The van der Waals surface area contributed by atoms with Gasteiger partial charge in [-0.3, -0.25) is 9.69 Å². The first-order valence-corrected chi connectivity index (χ1v) is 6.90. The highest BCUT2D eigenvalue weighted by Gasteiger charge is 2.43. The lowest BCUT2D eigenvalue weighted by Crippen LogP contribution is -2.47. The Balaban J connectivity index is 2.29. The maximum atomic E-state index is 11.5. The summed E-state index contributed by atoms with van der Waals surface area (Å²) >= 11 is 0. The van der Waals surface area contributed by atoms with E-state index in [2.05, 4.69) is 37.8 Å². The van der Waals surface area contributed by atoms with Crippen LogP contribution in [0.4, 0.5) is 0 Å². The normalized spacial score (nSPS) is 23.8. The molecule has 1 aliphatic rings. The monoisotopic (exact) mass is 261 g/mol. The van der Waals surface area contributed by atoms with Gasteiger partial charge >= 0.3 is 5.97 Å². The number of benzene rings is 1. The summed E-state index contributed by atoms with van der Waals surface area (Å²) in [5.74, 6) is -0.701. The van der Waals surface area contributed by atoms with Gasteiger partial charge in [0.1, 0.15) is 5.54 Å². The Bertz CT molecular complexity index is 486. The number of carboxylic acids is 1. The van der Waals surface area contributed by atoms with Gasteiger partial charge < -0.3 is 5.11 Å². The molecule has 0 aromatic heterocycles. The fourth-order valence-corrected chi connectivity index (χ4v) is 3.16. The van der Waals surface area contributed by atoms with Crippen LogP contribution in [0.25, 0.3) is 0 Å². The molecule has 0 aliphatic carbocycles. The van der Waals surface area contributed by atoms with E-state index in [-0.39, 0.29) is 0 Å². The summed E-state index contributed by atoms with van der Waals surface area (Å²) in [6, 6.07) is 4.35. The first-order valence-electron chi connectivity index (χ1n) is 6.90. The molecule has 1 saturated heterocycles. The molecule has 1 unspecified atom stereocenters. The quantitative estimate of drug-likeness (QED) is 0.909. The van der Waals surface area contributed by atoms with E-state index in [1.54, 1.807) is 0 Å². The molecular formula is C16H23NO2. The van der Waals surface area contributed by atoms with E-state index in [1.165, 1.54) is 22.3 Å². The molecule has 3 heteroatoms. The van der Waals surface area contributed by atoms with Crippen molar-refractivity contribution >= 4 is 5.97 Å². The third-order valence-corrected chi connectivity index (χ3v) is 4.44. The summed E-state index contributed by atoms with van der Waals surface area (Å²) < 4.78 is 0. The zero-order valence-corrected chi connectivity index (χ0v) is 12.3. The average Bonchev–Trinajstić information content (AvgIpc) is 2.66. The molecule has 1 aliphatic heterocycles. The van der Waals surface area contributed by atoms with E-state index < -0.39 is 11.5 Å². The van der Waals surface area contributed by atoms with Crippen LogP contribution in [0.15, 0.2) is 12.1 Å². The summed E-state index contributed by atoms with van der Waals surface area (Å²) in [5.41, 5.74) is 4.36. The lowest BCUT2D eigenvalue weighted by atomic mass is 9.96. The van der Waals surface area contributed by atoms with Crippen molar-refractivity contribution in [1.29, 1.82) is 0 Å². The molecule has 104 valence electrons. The molecule has 1 fully saturated rings. The van der Waals surface area contributed by atoms with Crippen LogP contribution in [0.2, 0.25) is 0 Å². The lowest BCUT2D eigenvalue weighted by Gasteiger charge is -2.32. The van der Waals surface area contributed by atoms with Gasteiger partial charge in [0.25, 0.3) is 0 Å². The summed E-state index contributed by atoms with van der Waals surface area (Å²) in [6.45, 7) is 9.78. The van der Waals surface area contributed by atoms with Crippen molar-refractivity contribution in [3.05, 3.63) is 34.4 Å². The fourth-order valence-electron chi connectivity index (χ4n) is 3.16. The lowest BCUT2D eigenvalue weighted by molar-refractivity contribution is -0.148. The minimum Gasteiger partial charge on any atom is -0.480 e. The van der Waals surface area contributed by atoms with E-state index >= 15 is 0 Å². The van der Waals surface area contributed by atoms with Crippen LogP contribution in [0, 0.1) is 20.8 Å². The Morgan fingerprint density at radius 3 is 2.42 bits per heavy atom. The predicted molar refractivity (Wildman–Crippen MR) is 76.3 cm³/mol. The van der Waals surface area contributed by atoms with Gasteiger partial charge in [-0.15, -0.1) is 0 Å². The van der Waals surface area contributed by atoms with Crippen LogP contribution in [0.5, 0.6) is 0 Å². The van der Waals surface area contributed by atoms with Gasteiger partial charge in [0.15, 0.2) is 0 Å². The Hall–Kier alpha value is -1.35. The van der Waals surface area contributed by atoms with Crippen LogP contribution in [0.1, 0.15) is 42.0 Å². The summed E-state index contributed by atoms with van der Waals surface area (Å²) in [6.07, 6.45) is 1.71. The number of likely N-dealkylation sites (tertiary alicyclic amines) is 1. The molecule has 3 nitrogen and oxygen atoms in total. The first kappa shape index (κ1) is 14.1. The third-order valence-electron chi connectivity index (χ3n) is 4.44. The maximum absolute atomic E-state index is 11.5. The van der Waals surface area contributed by atoms with E-state index in [4.69, 9.17) is 0 Å². The molecular weight excluding hydrogens is 238 g/mol. The molecule has 0 amide bonds. The summed E-state index contributed by atoms with van der Waals surface area (Å²) in [4.78, 5) is 13.6. The molecule has 0 saturated carbocycles. The molecule has 0 radical (unpaired) electrons. The largest absolute Gasteiger partial charge is 0.480 e. The number of aliphatic carboxylic acids is 1. The number of hydrogen-bond acceptors (Lipinski definition) is 2. The molecule has 2 rings (SSSR count). The fraction of sp³-hybridized carbons (Fsp3) is 0.562. The summed E-state index contributed by atoms with van der Waals surface area (Å²) in [7, 11) is 0. The number of carbonyl (C=O) groups is 1. The van der Waals surface area contributed by atoms with E-state index in [9.17, 15) is 9.90 Å². The van der Waals surface area contributed by atoms with Crippen molar-refractivity contribution in [2.45, 2.75) is 52.6 Å². The second-order valence-electron chi connectivity index (χ2n) is 5.98. The average molecular weight is 261 g/mol. The van der Waals surface area contributed by atoms with Gasteiger partial charge in [-0.2, -0.15) is 0 Å². The Morgan fingerprint density at radius 1 is 1.32 bits per heavy atom. The maximum Gasteiger partial charge on any atom is 0.323 e. The molecule has 1 heterocycles. The smallest absolute Gasteiger partial charge is 0.323 e. The Morgan fingerprint density at radius 2 is 1.89 bits per heavy atom. The van der Waals surface area contributed by atoms with Gasteiger partial charge in [-0.05, 0) is 63.8 Å². The van der Waals surface area contributed by atoms with Gasteiger partial charge in [0, 0.05) is 6.54 Å². The van der Waals surface area contributed by atoms with Crippen LogP contribution >= 0.6 is 0 Å². The van der Waals surface area contributed by atoms with Crippen molar-refractivity contribution in [1.82, 2.24) is 4.90 Å². The zero-order valence-electron chi connectivity index (χ0n) is 12.3. The van der Waals surface area contributed by atoms with E-state index in [0.717, 1.165) is 25.9 Å². The second-order valence-corrected chi connectivity index (χ2v) is 5.98. The van der Waals surface area contributed by atoms with Gasteiger partial charge in [0.05, 0.1) is 0 Å². The zero-order chi connectivity index (χ0) is 14.2. The topological polar surface area (TPSA) is 40.5 Å². The number of carboxylic acid groups (broad SMARTS) is 1. The molecule has 0 bridgehead atoms. The highest BCUT2D eigenvalue weighted by molar-refractivity contribution is 5.78. The SMILES string of the molecule is Cc1cc(C)c(CN2CCCC2(C)C(=O)O)c(C)c1. The number of rotatable bonds is 3. The highest BCUT2D eigenvalue weighted by Crippen LogP contribution is 2.32. The third kappa shape index (κ3) is 2.52. The van der Waals surface area contributed by atoms with Gasteiger partial charge in [-0.1, -0.05) is 17.7 Å². The van der Waals surface area contributed by atoms with Crippen LogP contribution in [-0.2, 0) is 11.3 Å². The Labute approximate surface area is 115 Å². The molecule has 1 aromatic carbocycles. The molecule has 1 aromatic rings. The number of aryl methyl sites for hydroxylation is 3. The van der Waals surface area contributed by atoms with Crippen LogP contribution < -0.4 is 0 Å².